The van der Waals surface area contributed by atoms with Gasteiger partial charge in [-0.2, -0.15) is 0 Å². The Hall–Kier alpha value is -1.56. The van der Waals surface area contributed by atoms with Crippen molar-refractivity contribution in [3.05, 3.63) is 66.3 Å². The predicted octanol–water partition coefficient (Wildman–Crippen LogP) is 5.88. The zero-order valence-electron chi connectivity index (χ0n) is 12.0. The maximum absolute atomic E-state index is 3.56. The topological polar surface area (TPSA) is 0 Å². The lowest BCUT2D eigenvalue weighted by Crippen LogP contribution is -1.65. The number of benzene rings is 1. The van der Waals surface area contributed by atoms with E-state index in [9.17, 15) is 0 Å². The minimum atomic E-state index is 1.17. The summed E-state index contributed by atoms with van der Waals surface area (Å²) in [5.74, 6) is 0. The molecule has 94 valence electrons. The van der Waals surface area contributed by atoms with E-state index >= 15 is 0 Å². The van der Waals surface area contributed by atoms with E-state index in [1.165, 1.54) is 16.7 Å². The largest absolute Gasteiger partial charge is 0.100 e. The molecule has 0 radical (unpaired) electrons. The van der Waals surface area contributed by atoms with Crippen LogP contribution in [-0.4, -0.2) is 0 Å². The Morgan fingerprint density at radius 3 is 1.53 bits per heavy atom. The second kappa shape index (κ2) is 12.5. The molecular weight excluding hydrogens is 204 g/mol. The quantitative estimate of drug-likeness (QED) is 0.528. The Kier molecular flexibility index (Phi) is 13.1. The highest BCUT2D eigenvalue weighted by molar-refractivity contribution is 5.47. The van der Waals surface area contributed by atoms with Gasteiger partial charge in [0.05, 0.1) is 0 Å². The molecule has 0 heterocycles. The molecule has 0 saturated heterocycles. The van der Waals surface area contributed by atoms with Crippen molar-refractivity contribution in [2.45, 2.75) is 34.6 Å². The van der Waals surface area contributed by atoms with Gasteiger partial charge < -0.3 is 0 Å². The average Bonchev–Trinajstić information content (AvgIpc) is 2.18. The van der Waals surface area contributed by atoms with Crippen LogP contribution in [0, 0.1) is 0 Å². The summed E-state index contributed by atoms with van der Waals surface area (Å²) in [5, 5.41) is 0. The Morgan fingerprint density at radius 2 is 1.24 bits per heavy atom. The molecule has 0 aromatic heterocycles. The first-order valence-corrected chi connectivity index (χ1v) is 5.82. The van der Waals surface area contributed by atoms with Crippen molar-refractivity contribution in [2.24, 2.45) is 0 Å². The molecule has 0 amide bonds. The Bertz CT molecular complexity index is 308. The van der Waals surface area contributed by atoms with Crippen LogP contribution in [0.5, 0.6) is 0 Å². The summed E-state index contributed by atoms with van der Waals surface area (Å²) in [4.78, 5) is 0. The van der Waals surface area contributed by atoms with Crippen molar-refractivity contribution in [3.63, 3.8) is 0 Å². The highest BCUT2D eigenvalue weighted by Crippen LogP contribution is 1.99. The van der Waals surface area contributed by atoms with Crippen LogP contribution in [0.2, 0.25) is 0 Å². The molecule has 1 aromatic rings. The summed E-state index contributed by atoms with van der Waals surface area (Å²) < 4.78 is 0. The minimum Gasteiger partial charge on any atom is -0.100 e. The summed E-state index contributed by atoms with van der Waals surface area (Å²) in [7, 11) is 0. The molecule has 0 aliphatic heterocycles. The standard InChI is InChI=1S/C9H10.2C4H8/c1-2-6-9-7-4-3-5-8-9;2*1-4(2)3/h2-8H,1H3;2*1H2,2-3H3. The molecular formula is C17H26. The lowest BCUT2D eigenvalue weighted by atomic mass is 10.2. The summed E-state index contributed by atoms with van der Waals surface area (Å²) in [6.07, 6.45) is 4.12. The van der Waals surface area contributed by atoms with Crippen LogP contribution in [0.25, 0.3) is 6.08 Å². The maximum Gasteiger partial charge on any atom is -0.0260 e. The molecule has 1 aromatic carbocycles. The third-order valence-electron chi connectivity index (χ3n) is 1.16. The third-order valence-corrected chi connectivity index (χ3v) is 1.16. The van der Waals surface area contributed by atoms with Gasteiger partial charge in [-0.25, -0.2) is 0 Å². The molecule has 0 fully saturated rings. The van der Waals surface area contributed by atoms with Crippen molar-refractivity contribution in [3.8, 4) is 0 Å². The van der Waals surface area contributed by atoms with Crippen molar-refractivity contribution in [1.29, 1.82) is 0 Å². The molecule has 0 unspecified atom stereocenters. The maximum atomic E-state index is 3.56. The molecule has 0 nitrogen and oxygen atoms in total. The zero-order valence-corrected chi connectivity index (χ0v) is 12.0. The third kappa shape index (κ3) is 25.1. The average molecular weight is 230 g/mol. The van der Waals surface area contributed by atoms with Gasteiger partial charge >= 0.3 is 0 Å². The van der Waals surface area contributed by atoms with E-state index in [0.29, 0.717) is 0 Å². The Balaban J connectivity index is 0. The van der Waals surface area contributed by atoms with Gasteiger partial charge in [0.2, 0.25) is 0 Å². The first kappa shape index (κ1) is 17.8. The van der Waals surface area contributed by atoms with Crippen LogP contribution >= 0.6 is 0 Å². The molecule has 17 heavy (non-hydrogen) atoms. The molecule has 0 saturated carbocycles. The van der Waals surface area contributed by atoms with Gasteiger partial charge in [0.15, 0.2) is 0 Å². The van der Waals surface area contributed by atoms with Crippen LogP contribution < -0.4 is 0 Å². The second-order valence-corrected chi connectivity index (χ2v) is 4.32. The SMILES string of the molecule is C=C(C)C.C=C(C)C.CC=Cc1ccccc1. The molecule has 1 rings (SSSR count). The number of allylic oxidation sites excluding steroid dienone is 3. The van der Waals surface area contributed by atoms with Gasteiger partial charge in [-0.05, 0) is 40.2 Å². The van der Waals surface area contributed by atoms with E-state index in [4.69, 9.17) is 0 Å². The lowest BCUT2D eigenvalue weighted by Gasteiger charge is -1.86. The fraction of sp³-hybridized carbons (Fsp3) is 0.294. The number of hydrogen-bond acceptors (Lipinski definition) is 0. The molecule has 0 aliphatic carbocycles. The zero-order chi connectivity index (χ0) is 13.7. The molecule has 0 atom stereocenters. The van der Waals surface area contributed by atoms with E-state index in [-0.39, 0.29) is 0 Å². The predicted molar refractivity (Wildman–Crippen MR) is 82.1 cm³/mol. The highest BCUT2D eigenvalue weighted by atomic mass is 13.8. The second-order valence-electron chi connectivity index (χ2n) is 4.32. The lowest BCUT2D eigenvalue weighted by molar-refractivity contribution is 1.42. The fourth-order valence-corrected chi connectivity index (χ4v) is 0.757. The summed E-state index contributed by atoms with van der Waals surface area (Å²) in [6.45, 7) is 17.0. The van der Waals surface area contributed by atoms with Gasteiger partial charge in [-0.1, -0.05) is 53.6 Å². The van der Waals surface area contributed by atoms with Gasteiger partial charge in [-0.3, -0.25) is 0 Å². The van der Waals surface area contributed by atoms with Crippen molar-refractivity contribution < 1.29 is 0 Å². The monoisotopic (exact) mass is 230 g/mol. The van der Waals surface area contributed by atoms with Crippen molar-refractivity contribution >= 4 is 6.08 Å². The van der Waals surface area contributed by atoms with E-state index in [2.05, 4.69) is 31.4 Å². The van der Waals surface area contributed by atoms with Crippen LogP contribution in [0.1, 0.15) is 40.2 Å². The molecule has 0 N–H and O–H groups in total. The number of rotatable bonds is 1. The molecule has 0 aliphatic rings. The van der Waals surface area contributed by atoms with Crippen LogP contribution in [0.3, 0.4) is 0 Å². The molecule has 0 heteroatoms. The van der Waals surface area contributed by atoms with Gasteiger partial charge in [0, 0.05) is 0 Å². The van der Waals surface area contributed by atoms with Gasteiger partial charge in [0.25, 0.3) is 0 Å². The fourth-order valence-electron chi connectivity index (χ4n) is 0.757. The van der Waals surface area contributed by atoms with E-state index in [1.807, 2.05) is 58.9 Å². The summed E-state index contributed by atoms with van der Waals surface area (Å²) >= 11 is 0. The number of hydrogen-bond donors (Lipinski definition) is 0. The minimum absolute atomic E-state index is 1.17. The van der Waals surface area contributed by atoms with E-state index in [1.54, 1.807) is 0 Å². The molecule has 0 bridgehead atoms. The Morgan fingerprint density at radius 1 is 0.882 bits per heavy atom. The van der Waals surface area contributed by atoms with Crippen LogP contribution in [-0.2, 0) is 0 Å². The Labute approximate surface area is 107 Å². The van der Waals surface area contributed by atoms with Crippen molar-refractivity contribution in [1.82, 2.24) is 0 Å². The normalized spacial score (nSPS) is 8.53. The van der Waals surface area contributed by atoms with Gasteiger partial charge in [-0.15, -0.1) is 13.2 Å². The summed E-state index contributed by atoms with van der Waals surface area (Å²) in [5.41, 5.74) is 3.60. The van der Waals surface area contributed by atoms with Crippen LogP contribution in [0.15, 0.2) is 60.7 Å². The van der Waals surface area contributed by atoms with Crippen LogP contribution in [0.4, 0.5) is 0 Å². The summed E-state index contributed by atoms with van der Waals surface area (Å²) in [6, 6.07) is 10.3. The van der Waals surface area contributed by atoms with E-state index < -0.39 is 0 Å². The van der Waals surface area contributed by atoms with Gasteiger partial charge in [0.1, 0.15) is 0 Å². The highest BCUT2D eigenvalue weighted by Gasteiger charge is 1.77. The van der Waals surface area contributed by atoms with Crippen molar-refractivity contribution in [2.75, 3.05) is 0 Å². The first-order valence-electron chi connectivity index (χ1n) is 5.82. The van der Waals surface area contributed by atoms with E-state index in [0.717, 1.165) is 0 Å². The smallest absolute Gasteiger partial charge is 0.0260 e. The molecule has 0 spiro atoms. The first-order chi connectivity index (χ1) is 7.90.